The summed E-state index contributed by atoms with van der Waals surface area (Å²) in [4.78, 5) is 0. The molecule has 0 fully saturated rings. The second kappa shape index (κ2) is 12.3. The molecule has 2 heteroatoms. The summed E-state index contributed by atoms with van der Waals surface area (Å²) in [6.07, 6.45) is 10.9. The molecule has 0 unspecified atom stereocenters. The first-order chi connectivity index (χ1) is 18.8. The zero-order chi connectivity index (χ0) is 26.2. The van der Waals surface area contributed by atoms with Crippen LogP contribution in [-0.2, 0) is 0 Å². The molecule has 5 aromatic carbocycles. The fourth-order valence-corrected chi connectivity index (χ4v) is 4.70. The van der Waals surface area contributed by atoms with Gasteiger partial charge in [-0.1, -0.05) is 111 Å². The molecule has 0 bridgehead atoms. The van der Waals surface area contributed by atoms with Gasteiger partial charge in [-0.25, -0.2) is 0 Å². The minimum absolute atomic E-state index is 0.743. The highest BCUT2D eigenvalue weighted by molar-refractivity contribution is 6.14. The van der Waals surface area contributed by atoms with Crippen molar-refractivity contribution in [1.29, 1.82) is 0 Å². The van der Waals surface area contributed by atoms with Gasteiger partial charge in [-0.05, 0) is 80.9 Å². The van der Waals surface area contributed by atoms with E-state index in [2.05, 4.69) is 111 Å². The Hall–Kier alpha value is -4.30. The molecule has 0 radical (unpaired) electrons. The summed E-state index contributed by atoms with van der Waals surface area (Å²) in [5, 5.41) is 4.98. The van der Waals surface area contributed by atoms with Gasteiger partial charge in [0.1, 0.15) is 11.5 Å². The lowest BCUT2D eigenvalue weighted by molar-refractivity contribution is 0.317. The number of benzene rings is 5. The minimum Gasteiger partial charge on any atom is -0.494 e. The number of rotatable bonds is 10. The number of hydrogen-bond donors (Lipinski definition) is 0. The van der Waals surface area contributed by atoms with Crippen LogP contribution >= 0.6 is 0 Å². The fraction of sp³-hybridized carbons (Fsp3) is 0.167. The first-order valence-corrected chi connectivity index (χ1v) is 13.5. The lowest BCUT2D eigenvalue weighted by atomic mass is 9.91. The average Bonchev–Trinajstić information content (AvgIpc) is 2.97. The highest BCUT2D eigenvalue weighted by Gasteiger charge is 2.10. The molecule has 0 saturated carbocycles. The summed E-state index contributed by atoms with van der Waals surface area (Å²) in [5.41, 5.74) is 4.77. The van der Waals surface area contributed by atoms with Crippen molar-refractivity contribution < 1.29 is 9.47 Å². The Morgan fingerprint density at radius 3 is 1.11 bits per heavy atom. The number of ether oxygens (including phenoxy) is 2. The maximum absolute atomic E-state index is 5.74. The smallest absolute Gasteiger partial charge is 0.119 e. The van der Waals surface area contributed by atoms with E-state index in [-0.39, 0.29) is 0 Å². The third-order valence-corrected chi connectivity index (χ3v) is 6.61. The molecule has 190 valence electrons. The molecule has 0 N–H and O–H groups in total. The Bertz CT molecular complexity index is 1380. The van der Waals surface area contributed by atoms with E-state index >= 15 is 0 Å². The third-order valence-electron chi connectivity index (χ3n) is 6.61. The van der Waals surface area contributed by atoms with Crippen LogP contribution in [-0.4, -0.2) is 13.2 Å². The molecular formula is C36H34O2. The molecule has 2 nitrogen and oxygen atoms in total. The van der Waals surface area contributed by atoms with E-state index in [1.807, 2.05) is 24.3 Å². The van der Waals surface area contributed by atoms with Gasteiger partial charge in [0.2, 0.25) is 0 Å². The van der Waals surface area contributed by atoms with Gasteiger partial charge < -0.3 is 9.47 Å². The van der Waals surface area contributed by atoms with Gasteiger partial charge in [-0.2, -0.15) is 0 Å². The highest BCUT2D eigenvalue weighted by Crippen LogP contribution is 2.35. The van der Waals surface area contributed by atoms with E-state index in [4.69, 9.17) is 9.47 Å². The van der Waals surface area contributed by atoms with Crippen LogP contribution in [0.5, 0.6) is 11.5 Å². The van der Waals surface area contributed by atoms with Gasteiger partial charge in [-0.15, -0.1) is 0 Å². The number of hydrogen-bond acceptors (Lipinski definition) is 2. The Morgan fingerprint density at radius 1 is 0.447 bits per heavy atom. The van der Waals surface area contributed by atoms with Crippen molar-refractivity contribution in [1.82, 2.24) is 0 Å². The molecule has 0 aliphatic heterocycles. The van der Waals surface area contributed by atoms with Gasteiger partial charge in [0.15, 0.2) is 0 Å². The van der Waals surface area contributed by atoms with Crippen molar-refractivity contribution in [2.75, 3.05) is 13.2 Å². The molecule has 38 heavy (non-hydrogen) atoms. The second-order valence-corrected chi connectivity index (χ2v) is 9.42. The maximum atomic E-state index is 5.74. The van der Waals surface area contributed by atoms with Crippen LogP contribution in [0.15, 0.2) is 97.1 Å². The molecule has 0 aromatic heterocycles. The zero-order valence-electron chi connectivity index (χ0n) is 22.2. The predicted octanol–water partition coefficient (Wildman–Crippen LogP) is 9.91. The van der Waals surface area contributed by atoms with Gasteiger partial charge in [0.25, 0.3) is 0 Å². The summed E-state index contributed by atoms with van der Waals surface area (Å²) in [5.74, 6) is 1.83. The van der Waals surface area contributed by atoms with Gasteiger partial charge in [-0.3, -0.25) is 0 Å². The van der Waals surface area contributed by atoms with Gasteiger partial charge >= 0.3 is 0 Å². The second-order valence-electron chi connectivity index (χ2n) is 9.42. The Kier molecular flexibility index (Phi) is 8.20. The predicted molar refractivity (Wildman–Crippen MR) is 164 cm³/mol. The van der Waals surface area contributed by atoms with E-state index in [1.54, 1.807) is 0 Å². The molecular weight excluding hydrogens is 464 g/mol. The number of fused-ring (bicyclic) bond motifs is 2. The Labute approximate surface area is 225 Å². The molecule has 0 heterocycles. The molecule has 5 aromatic rings. The van der Waals surface area contributed by atoms with Crippen LogP contribution in [0, 0.1) is 0 Å². The van der Waals surface area contributed by atoms with Crippen LogP contribution < -0.4 is 9.47 Å². The first-order valence-electron chi connectivity index (χ1n) is 13.5. The van der Waals surface area contributed by atoms with E-state index in [1.165, 1.54) is 32.7 Å². The summed E-state index contributed by atoms with van der Waals surface area (Å²) < 4.78 is 11.5. The SMILES string of the molecule is CCCOc1ccc(/C=C/c2c3ccccc3c(/C=C/c3ccc(OCCC)cc3)c3ccccc23)cc1. The van der Waals surface area contributed by atoms with Crippen LogP contribution in [0.2, 0.25) is 0 Å². The molecule has 0 saturated heterocycles. The summed E-state index contributed by atoms with van der Waals surface area (Å²) >= 11 is 0. The largest absolute Gasteiger partial charge is 0.494 e. The summed E-state index contributed by atoms with van der Waals surface area (Å²) in [6.45, 7) is 5.72. The average molecular weight is 499 g/mol. The quantitative estimate of drug-likeness (QED) is 0.141. The molecule has 0 atom stereocenters. The minimum atomic E-state index is 0.743. The summed E-state index contributed by atoms with van der Waals surface area (Å²) in [6, 6.07) is 34.0. The van der Waals surface area contributed by atoms with Crippen molar-refractivity contribution in [3.05, 3.63) is 119 Å². The highest BCUT2D eigenvalue weighted by atomic mass is 16.5. The van der Waals surface area contributed by atoms with Crippen LogP contribution in [0.1, 0.15) is 48.9 Å². The van der Waals surface area contributed by atoms with Crippen LogP contribution in [0.3, 0.4) is 0 Å². The Morgan fingerprint density at radius 2 is 0.789 bits per heavy atom. The maximum Gasteiger partial charge on any atom is 0.119 e. The van der Waals surface area contributed by atoms with E-state index < -0.39 is 0 Å². The first kappa shape index (κ1) is 25.4. The Balaban J connectivity index is 1.52. The summed E-state index contributed by atoms with van der Waals surface area (Å²) in [7, 11) is 0. The van der Waals surface area contributed by atoms with Crippen molar-refractivity contribution in [3.63, 3.8) is 0 Å². The van der Waals surface area contributed by atoms with E-state index in [0.29, 0.717) is 0 Å². The fourth-order valence-electron chi connectivity index (χ4n) is 4.70. The molecule has 0 spiro atoms. The molecule has 0 aliphatic rings. The lowest BCUT2D eigenvalue weighted by Crippen LogP contribution is -1.94. The van der Waals surface area contributed by atoms with Crippen molar-refractivity contribution in [3.8, 4) is 11.5 Å². The third kappa shape index (κ3) is 5.81. The van der Waals surface area contributed by atoms with Crippen molar-refractivity contribution in [2.24, 2.45) is 0 Å². The van der Waals surface area contributed by atoms with Crippen molar-refractivity contribution in [2.45, 2.75) is 26.7 Å². The molecule has 0 amide bonds. The zero-order valence-corrected chi connectivity index (χ0v) is 22.2. The van der Waals surface area contributed by atoms with Gasteiger partial charge in [0, 0.05) is 0 Å². The topological polar surface area (TPSA) is 18.5 Å². The molecule has 0 aliphatic carbocycles. The van der Waals surface area contributed by atoms with Gasteiger partial charge in [0.05, 0.1) is 13.2 Å². The van der Waals surface area contributed by atoms with Crippen LogP contribution in [0.25, 0.3) is 45.8 Å². The molecule has 5 rings (SSSR count). The lowest BCUT2D eigenvalue weighted by Gasteiger charge is -2.13. The van der Waals surface area contributed by atoms with Crippen molar-refractivity contribution >= 4 is 45.8 Å². The van der Waals surface area contributed by atoms with E-state index in [0.717, 1.165) is 48.7 Å². The van der Waals surface area contributed by atoms with Crippen LogP contribution in [0.4, 0.5) is 0 Å². The standard InChI is InChI=1S/C36H34O2/c1-3-25-37-29-19-13-27(14-20-29)17-23-35-31-9-5-7-11-33(31)36(34-12-8-6-10-32(34)35)24-18-28-15-21-30(22-16-28)38-26-4-2/h5-24H,3-4,25-26H2,1-2H3/b23-17+,24-18+. The monoisotopic (exact) mass is 498 g/mol. The van der Waals surface area contributed by atoms with E-state index in [9.17, 15) is 0 Å². The normalized spacial score (nSPS) is 11.6.